The molecular weight excluding hydrogens is 294 g/mol. The van der Waals surface area contributed by atoms with E-state index in [0.29, 0.717) is 26.2 Å². The van der Waals surface area contributed by atoms with Crippen LogP contribution in [-0.2, 0) is 20.9 Å². The number of nitrogens with one attached hydrogen (secondary N) is 1. The zero-order valence-corrected chi connectivity index (χ0v) is 14.4. The van der Waals surface area contributed by atoms with Gasteiger partial charge in [0.1, 0.15) is 0 Å². The number of aliphatic carboxylic acids is 1. The molecule has 0 fully saturated rings. The fourth-order valence-electron chi connectivity index (χ4n) is 1.90. The molecule has 5 nitrogen and oxygen atoms in total. The van der Waals surface area contributed by atoms with Gasteiger partial charge in [0.25, 0.3) is 0 Å². The topological polar surface area (TPSA) is 75.6 Å². The molecule has 2 N–H and O–H groups in total. The predicted octanol–water partition coefficient (Wildman–Crippen LogP) is 2.85. The largest absolute Gasteiger partial charge is 0.481 e. The lowest BCUT2D eigenvalue weighted by molar-refractivity contribution is -0.147. The van der Waals surface area contributed by atoms with E-state index in [0.717, 1.165) is 5.56 Å². The van der Waals surface area contributed by atoms with E-state index in [9.17, 15) is 9.59 Å². The number of hydrogen-bond acceptors (Lipinski definition) is 3. The average molecular weight is 321 g/mol. The van der Waals surface area contributed by atoms with Gasteiger partial charge < -0.3 is 15.2 Å². The summed E-state index contributed by atoms with van der Waals surface area (Å²) in [6, 6.07) is 9.78. The predicted molar refractivity (Wildman–Crippen MR) is 88.9 cm³/mol. The summed E-state index contributed by atoms with van der Waals surface area (Å²) in [5, 5.41) is 11.9. The SMILES string of the molecule is CC(C)(CCNC(=O)C(C)(C)COCc1ccccc1)C(=O)O. The summed E-state index contributed by atoms with van der Waals surface area (Å²) in [6.45, 7) is 8.02. The molecule has 0 bridgehead atoms. The molecule has 0 saturated carbocycles. The molecule has 0 aromatic heterocycles. The third-order valence-corrected chi connectivity index (χ3v) is 3.80. The Morgan fingerprint density at radius 1 is 1.09 bits per heavy atom. The fourth-order valence-corrected chi connectivity index (χ4v) is 1.90. The van der Waals surface area contributed by atoms with Gasteiger partial charge in [-0.15, -0.1) is 0 Å². The smallest absolute Gasteiger partial charge is 0.309 e. The van der Waals surface area contributed by atoms with Crippen LogP contribution >= 0.6 is 0 Å². The van der Waals surface area contributed by atoms with Crippen molar-refractivity contribution in [3.05, 3.63) is 35.9 Å². The first-order valence-corrected chi connectivity index (χ1v) is 7.78. The van der Waals surface area contributed by atoms with Gasteiger partial charge in [-0.2, -0.15) is 0 Å². The van der Waals surface area contributed by atoms with Gasteiger partial charge in [-0.3, -0.25) is 9.59 Å². The minimum absolute atomic E-state index is 0.133. The van der Waals surface area contributed by atoms with Crippen LogP contribution in [0.1, 0.15) is 39.7 Å². The highest BCUT2D eigenvalue weighted by Gasteiger charge is 2.30. The van der Waals surface area contributed by atoms with E-state index in [2.05, 4.69) is 5.32 Å². The Hall–Kier alpha value is -1.88. The monoisotopic (exact) mass is 321 g/mol. The number of ether oxygens (including phenoxy) is 1. The van der Waals surface area contributed by atoms with Crippen molar-refractivity contribution in [1.29, 1.82) is 0 Å². The Morgan fingerprint density at radius 3 is 2.26 bits per heavy atom. The van der Waals surface area contributed by atoms with E-state index in [-0.39, 0.29) is 5.91 Å². The summed E-state index contributed by atoms with van der Waals surface area (Å²) in [5.41, 5.74) is -0.449. The molecule has 0 aliphatic carbocycles. The molecule has 1 aromatic carbocycles. The lowest BCUT2D eigenvalue weighted by Gasteiger charge is -2.25. The van der Waals surface area contributed by atoms with E-state index in [1.165, 1.54) is 0 Å². The summed E-state index contributed by atoms with van der Waals surface area (Å²) in [5.74, 6) is -0.996. The second-order valence-corrected chi connectivity index (χ2v) is 7.06. The maximum absolute atomic E-state index is 12.2. The van der Waals surface area contributed by atoms with Crippen molar-refractivity contribution in [1.82, 2.24) is 5.32 Å². The van der Waals surface area contributed by atoms with Crippen LogP contribution in [0.25, 0.3) is 0 Å². The number of carbonyl (C=O) groups is 2. The molecule has 0 saturated heterocycles. The molecular formula is C18H27NO4. The molecule has 0 aliphatic rings. The van der Waals surface area contributed by atoms with Crippen LogP contribution in [0.5, 0.6) is 0 Å². The maximum atomic E-state index is 12.2. The maximum Gasteiger partial charge on any atom is 0.309 e. The third-order valence-electron chi connectivity index (χ3n) is 3.80. The number of rotatable bonds is 9. The Balaban J connectivity index is 2.37. The first kappa shape index (κ1) is 19.2. The lowest BCUT2D eigenvalue weighted by Crippen LogP contribution is -2.41. The van der Waals surface area contributed by atoms with Gasteiger partial charge in [-0.1, -0.05) is 30.3 Å². The van der Waals surface area contributed by atoms with E-state index in [4.69, 9.17) is 9.84 Å². The van der Waals surface area contributed by atoms with Gasteiger partial charge in [0, 0.05) is 6.54 Å². The molecule has 0 atom stereocenters. The molecule has 1 amide bonds. The van der Waals surface area contributed by atoms with Gasteiger partial charge in [-0.05, 0) is 39.7 Å². The number of carboxylic acid groups (broad SMARTS) is 1. The Bertz CT molecular complexity index is 523. The zero-order valence-electron chi connectivity index (χ0n) is 14.4. The van der Waals surface area contributed by atoms with Crippen molar-refractivity contribution in [2.45, 2.75) is 40.7 Å². The first-order valence-electron chi connectivity index (χ1n) is 7.78. The zero-order chi connectivity index (χ0) is 17.5. The summed E-state index contributed by atoms with van der Waals surface area (Å²) in [7, 11) is 0. The van der Waals surface area contributed by atoms with Crippen LogP contribution in [0.15, 0.2) is 30.3 Å². The van der Waals surface area contributed by atoms with E-state index in [1.54, 1.807) is 13.8 Å². The molecule has 23 heavy (non-hydrogen) atoms. The van der Waals surface area contributed by atoms with Gasteiger partial charge in [0.05, 0.1) is 24.0 Å². The molecule has 128 valence electrons. The van der Waals surface area contributed by atoms with Crippen LogP contribution in [0.3, 0.4) is 0 Å². The molecule has 0 aliphatic heterocycles. The van der Waals surface area contributed by atoms with E-state index >= 15 is 0 Å². The number of carbonyl (C=O) groups excluding carboxylic acids is 1. The summed E-state index contributed by atoms with van der Waals surface area (Å²) in [6.07, 6.45) is 0.384. The standard InChI is InChI=1S/C18H27NO4/c1-17(2,16(21)22)10-11-19-15(20)18(3,4)13-23-12-14-8-6-5-7-9-14/h5-9H,10-13H2,1-4H3,(H,19,20)(H,21,22). The Morgan fingerprint density at radius 2 is 1.70 bits per heavy atom. The highest BCUT2D eigenvalue weighted by atomic mass is 16.5. The van der Waals surface area contributed by atoms with Crippen LogP contribution in [0, 0.1) is 10.8 Å². The van der Waals surface area contributed by atoms with Crippen molar-refractivity contribution < 1.29 is 19.4 Å². The first-order chi connectivity index (χ1) is 10.6. The number of amides is 1. The van der Waals surface area contributed by atoms with Crippen molar-refractivity contribution in [2.24, 2.45) is 10.8 Å². The molecule has 1 aromatic rings. The second-order valence-electron chi connectivity index (χ2n) is 7.06. The van der Waals surface area contributed by atoms with Crippen LogP contribution in [0.2, 0.25) is 0 Å². The number of carboxylic acids is 1. The number of hydrogen-bond donors (Lipinski definition) is 2. The van der Waals surface area contributed by atoms with Crippen LogP contribution in [0.4, 0.5) is 0 Å². The van der Waals surface area contributed by atoms with Gasteiger partial charge in [-0.25, -0.2) is 0 Å². The van der Waals surface area contributed by atoms with E-state index in [1.807, 2.05) is 44.2 Å². The average Bonchev–Trinajstić information content (AvgIpc) is 2.47. The summed E-state index contributed by atoms with van der Waals surface area (Å²) < 4.78 is 5.64. The molecule has 0 unspecified atom stereocenters. The Kier molecular flexibility index (Phi) is 6.76. The lowest BCUT2D eigenvalue weighted by atomic mass is 9.89. The summed E-state index contributed by atoms with van der Waals surface area (Å²) in [4.78, 5) is 23.3. The van der Waals surface area contributed by atoms with Crippen molar-refractivity contribution in [2.75, 3.05) is 13.2 Å². The van der Waals surface area contributed by atoms with Gasteiger partial charge in [0.15, 0.2) is 0 Å². The van der Waals surface area contributed by atoms with Gasteiger partial charge in [0.2, 0.25) is 5.91 Å². The highest BCUT2D eigenvalue weighted by molar-refractivity contribution is 5.82. The normalized spacial score (nSPS) is 12.0. The number of benzene rings is 1. The minimum Gasteiger partial charge on any atom is -0.481 e. The molecule has 0 radical (unpaired) electrons. The van der Waals surface area contributed by atoms with Crippen molar-refractivity contribution in [3.63, 3.8) is 0 Å². The fraction of sp³-hybridized carbons (Fsp3) is 0.556. The van der Waals surface area contributed by atoms with E-state index < -0.39 is 16.8 Å². The summed E-state index contributed by atoms with van der Waals surface area (Å²) >= 11 is 0. The van der Waals surface area contributed by atoms with Crippen LogP contribution < -0.4 is 5.32 Å². The molecule has 1 rings (SSSR count). The van der Waals surface area contributed by atoms with Crippen molar-refractivity contribution in [3.8, 4) is 0 Å². The third kappa shape index (κ3) is 6.40. The Labute approximate surface area is 138 Å². The van der Waals surface area contributed by atoms with Crippen LogP contribution in [-0.4, -0.2) is 30.1 Å². The second kappa shape index (κ2) is 8.11. The highest BCUT2D eigenvalue weighted by Crippen LogP contribution is 2.21. The molecule has 5 heteroatoms. The molecule has 0 heterocycles. The molecule has 0 spiro atoms. The van der Waals surface area contributed by atoms with Crippen molar-refractivity contribution >= 4 is 11.9 Å². The van der Waals surface area contributed by atoms with Gasteiger partial charge >= 0.3 is 5.97 Å². The minimum atomic E-state index is -0.864. The quantitative estimate of drug-likeness (QED) is 0.733.